The summed E-state index contributed by atoms with van der Waals surface area (Å²) in [6, 6.07) is 21.9. The van der Waals surface area contributed by atoms with Crippen molar-refractivity contribution in [2.24, 2.45) is 5.92 Å². The summed E-state index contributed by atoms with van der Waals surface area (Å²) in [5.74, 6) is -6.71. The number of sulfonamides is 1. The maximum atomic E-state index is 14.4. The van der Waals surface area contributed by atoms with Gasteiger partial charge in [0.25, 0.3) is 15.6 Å². The number of amides is 6. The number of rotatable bonds is 22. The molecule has 26 nitrogen and oxygen atoms in total. The number of anilines is 4. The number of urea groups is 2. The van der Waals surface area contributed by atoms with Crippen molar-refractivity contribution in [2.45, 2.75) is 114 Å². The molecule has 1 fully saturated rings. The van der Waals surface area contributed by atoms with Gasteiger partial charge in [-0.1, -0.05) is 64.1 Å². The Labute approximate surface area is 515 Å². The van der Waals surface area contributed by atoms with Crippen LogP contribution in [0.2, 0.25) is 0 Å². The molecular formula is C61H65N11O15S2. The van der Waals surface area contributed by atoms with Crippen LogP contribution in [-0.2, 0) is 67.0 Å². The summed E-state index contributed by atoms with van der Waals surface area (Å²) in [5.41, 5.74) is 1.31. The molecule has 0 radical (unpaired) electrons. The molecule has 10 N–H and O–H groups in total. The molecule has 2 aromatic heterocycles. The number of ether oxygens (including phenoxy) is 2. The van der Waals surface area contributed by atoms with E-state index in [-0.39, 0.29) is 76.3 Å². The minimum atomic E-state index is -4.22. The van der Waals surface area contributed by atoms with Crippen LogP contribution in [0.1, 0.15) is 94.5 Å². The predicted octanol–water partition coefficient (Wildman–Crippen LogP) is 6.26. The Morgan fingerprint density at radius 1 is 0.798 bits per heavy atom. The van der Waals surface area contributed by atoms with Gasteiger partial charge in [0.15, 0.2) is 5.11 Å². The lowest BCUT2D eigenvalue weighted by atomic mass is 9.85. The van der Waals surface area contributed by atoms with E-state index >= 15 is 0 Å². The number of benzene rings is 4. The molecule has 1 saturated heterocycles. The quantitative estimate of drug-likeness (QED) is 0.0264. The molecule has 3 aliphatic heterocycles. The van der Waals surface area contributed by atoms with Crippen LogP contribution in [0.3, 0.4) is 0 Å². The molecule has 4 aromatic carbocycles. The van der Waals surface area contributed by atoms with Gasteiger partial charge in [0.1, 0.15) is 24.7 Å². The molecule has 6 aromatic rings. The third-order valence-electron chi connectivity index (χ3n) is 15.3. The number of nitrogens with zero attached hydrogens (tertiary/aromatic N) is 3. The molecular weight excluding hydrogens is 1190 g/mol. The third kappa shape index (κ3) is 14.4. The molecule has 89 heavy (non-hydrogen) atoms. The average molecular weight is 1260 g/mol. The second kappa shape index (κ2) is 27.0. The van der Waals surface area contributed by atoms with Gasteiger partial charge < -0.3 is 66.4 Å². The Kier molecular flexibility index (Phi) is 19.3. The minimum Gasteiger partial charge on any atom is -0.481 e. The van der Waals surface area contributed by atoms with E-state index in [4.69, 9.17) is 26.7 Å². The number of likely N-dealkylation sites (tertiary alicyclic amines) is 1. The Bertz CT molecular complexity index is 3990. The number of nitrogens with one attached hydrogen (secondary N) is 8. The second-order valence-corrected chi connectivity index (χ2v) is 23.9. The zero-order valence-corrected chi connectivity index (χ0v) is 50.3. The highest BCUT2D eigenvalue weighted by molar-refractivity contribution is 7.92. The molecule has 0 spiro atoms. The minimum absolute atomic E-state index is 0.0466. The lowest BCUT2D eigenvalue weighted by molar-refractivity contribution is -0.191. The van der Waals surface area contributed by atoms with Gasteiger partial charge in [-0.3, -0.25) is 28.7 Å². The Hall–Kier alpha value is -9.96. The van der Waals surface area contributed by atoms with Gasteiger partial charge >= 0.3 is 35.9 Å². The molecule has 6 amide bonds. The first-order chi connectivity index (χ1) is 42.5. The first kappa shape index (κ1) is 63.5. The zero-order valence-electron chi connectivity index (χ0n) is 48.7. The monoisotopic (exact) mass is 1260 g/mol. The van der Waals surface area contributed by atoms with Crippen LogP contribution in [0.25, 0.3) is 22.3 Å². The number of cyclic esters (lactones) is 1. The highest BCUT2D eigenvalue weighted by Crippen LogP contribution is 2.41. The van der Waals surface area contributed by atoms with Gasteiger partial charge in [-0.2, -0.15) is 0 Å². The number of hydrogen-bond donors (Lipinski definition) is 10. The van der Waals surface area contributed by atoms with Crippen LogP contribution in [0, 0.1) is 5.92 Å². The van der Waals surface area contributed by atoms with Gasteiger partial charge in [0, 0.05) is 52.4 Å². The zero-order chi connectivity index (χ0) is 63.9. The number of pyridine rings is 2. The lowest BCUT2D eigenvalue weighted by Gasteiger charge is -2.37. The van der Waals surface area contributed by atoms with E-state index in [1.165, 1.54) is 77.7 Å². The topological polar surface area (TPSA) is 364 Å². The Morgan fingerprint density at radius 2 is 1.49 bits per heavy atom. The van der Waals surface area contributed by atoms with Crippen molar-refractivity contribution in [3.05, 3.63) is 142 Å². The van der Waals surface area contributed by atoms with Crippen LogP contribution in [0.4, 0.5) is 32.3 Å². The van der Waals surface area contributed by atoms with E-state index < -0.39 is 112 Å². The smallest absolute Gasteiger partial charge is 0.355 e. The molecule has 5 atom stereocenters. The second-order valence-electron chi connectivity index (χ2n) is 21.8. The number of carbonyl (C=O) groups is 8. The highest BCUT2D eigenvalue weighted by Gasteiger charge is 2.52. The van der Waals surface area contributed by atoms with Crippen molar-refractivity contribution in [1.29, 1.82) is 0 Å². The van der Waals surface area contributed by atoms with Crippen LogP contribution < -0.4 is 47.5 Å². The van der Waals surface area contributed by atoms with E-state index in [0.29, 0.717) is 42.0 Å². The number of hydrogen-bond acceptors (Lipinski definition) is 15. The van der Waals surface area contributed by atoms with Gasteiger partial charge in [-0.15, -0.1) is 0 Å². The average Bonchev–Trinajstić information content (AvgIpc) is 1.81. The fraction of sp³-hybridized carbons (Fsp3) is 0.328. The van der Waals surface area contributed by atoms with Crippen molar-refractivity contribution in [2.75, 3.05) is 33.8 Å². The molecule has 9 rings (SSSR count). The molecule has 28 heteroatoms. The van der Waals surface area contributed by atoms with E-state index in [0.717, 1.165) is 10.9 Å². The normalized spacial score (nSPS) is 16.7. The van der Waals surface area contributed by atoms with Crippen LogP contribution >= 0.6 is 12.2 Å². The maximum absolute atomic E-state index is 14.4. The van der Waals surface area contributed by atoms with Crippen molar-refractivity contribution in [1.82, 2.24) is 35.7 Å². The summed E-state index contributed by atoms with van der Waals surface area (Å²) < 4.78 is 42.5. The fourth-order valence-corrected chi connectivity index (χ4v) is 12.2. The van der Waals surface area contributed by atoms with Gasteiger partial charge in [-0.25, -0.2) is 32.6 Å². The van der Waals surface area contributed by atoms with Crippen LogP contribution in [0.15, 0.2) is 119 Å². The van der Waals surface area contributed by atoms with E-state index in [2.05, 4.69) is 41.9 Å². The van der Waals surface area contributed by atoms with Gasteiger partial charge in [0.2, 0.25) is 17.4 Å². The molecule has 0 saturated carbocycles. The lowest BCUT2D eigenvalue weighted by Crippen LogP contribution is -2.57. The summed E-state index contributed by atoms with van der Waals surface area (Å²) in [7, 11) is -4.22. The first-order valence-electron chi connectivity index (χ1n) is 28.6. The third-order valence-corrected chi connectivity index (χ3v) is 16.9. The van der Waals surface area contributed by atoms with Gasteiger partial charge in [0.05, 0.1) is 52.8 Å². The Balaban J connectivity index is 0.813. The number of esters is 2. The fourth-order valence-electron chi connectivity index (χ4n) is 10.8. The number of aromatic nitrogens is 2. The Morgan fingerprint density at radius 3 is 2.20 bits per heavy atom. The largest absolute Gasteiger partial charge is 0.481 e. The standard InChI is InChI=1S/C61H65N11O15S2/c1-5-23-62-58(82)64-39-14-10-16-41(27-39)89(84,85)70-40-15-9-13-35(26-40)45(29-49(73)74)67-59(83)63-37-19-21-38(22-20-37)65-60(88)68-46(30-50(75)76)55(79)71-24-11-18-47(71)53(77)69-51(33(3)4)56(80)87-61(6-2)43-28-48-52-36(25-34-12-7-8-17-44(34)66-52)31-72(48)54(78)42(43)32-86-57(61)81/h7-10,12-17,19-22,25-28,33,45-47,51,70H,5-6,11,18,23-24,29-32H2,1-4H3,(H,69,77)(H,73,74)(H,75,76)(H2,62,64,82)(H2,63,67,83)(H2,65,68,88)/t45?,46-,47-,51-,61-/m0/s1. The first-order valence-corrected chi connectivity index (χ1v) is 30.5. The number of carboxylic acid groups (broad SMARTS) is 2. The van der Waals surface area contributed by atoms with Crippen molar-refractivity contribution in [3.63, 3.8) is 0 Å². The van der Waals surface area contributed by atoms with Crippen LogP contribution in [-0.4, -0.2) is 117 Å². The molecule has 3 aliphatic rings. The van der Waals surface area contributed by atoms with E-state index in [1.807, 2.05) is 37.3 Å². The SMILES string of the molecule is CCCNC(=O)Nc1cccc(S(=O)(=O)Nc2cccc(C(CC(=O)O)NC(=O)Nc3ccc(NC(=S)N[C@@H](CC(=O)O)C(=O)N4CCC[C@H]4C(=O)N[C@H](C(=O)O[C@]4(CC)C(=O)OCc5c4cc4n(c5=O)Cc5cc6ccccc6nc5-4)C(C)C)cc3)c2)c1. The highest BCUT2D eigenvalue weighted by atomic mass is 32.2. The summed E-state index contributed by atoms with van der Waals surface area (Å²) in [6.07, 6.45) is -0.304. The number of carbonyl (C=O) groups excluding carboxylic acids is 6. The molecule has 0 bridgehead atoms. The summed E-state index contributed by atoms with van der Waals surface area (Å²) in [6.45, 7) is 7.11. The molecule has 1 unspecified atom stereocenters. The number of thiocarbonyl (C=S) groups is 1. The van der Waals surface area contributed by atoms with Crippen molar-refractivity contribution in [3.8, 4) is 11.4 Å². The molecule has 5 heterocycles. The van der Waals surface area contributed by atoms with Gasteiger partial charge in [-0.05, 0) is 122 Å². The number of fused-ring (bicyclic) bond motifs is 5. The summed E-state index contributed by atoms with van der Waals surface area (Å²) in [4.78, 5) is 127. The number of carboxylic acids is 2. The van der Waals surface area contributed by atoms with Crippen molar-refractivity contribution < 1.29 is 66.5 Å². The predicted molar refractivity (Wildman–Crippen MR) is 330 cm³/mol. The summed E-state index contributed by atoms with van der Waals surface area (Å²) >= 11 is 5.51. The number of aliphatic carboxylic acids is 2. The molecule has 0 aliphatic carbocycles. The molecule has 466 valence electrons. The van der Waals surface area contributed by atoms with E-state index in [9.17, 15) is 61.8 Å². The van der Waals surface area contributed by atoms with Crippen molar-refractivity contribution >= 4 is 109 Å². The van der Waals surface area contributed by atoms with Crippen LogP contribution in [0.5, 0.6) is 0 Å². The van der Waals surface area contributed by atoms with E-state index in [1.54, 1.807) is 31.4 Å². The maximum Gasteiger partial charge on any atom is 0.355 e. The summed E-state index contributed by atoms with van der Waals surface area (Å²) in [5, 5.41) is 39.2. The number of para-hydroxylation sites is 1.